The molecule has 2 unspecified atom stereocenters. The van der Waals surface area contributed by atoms with Crippen LogP contribution in [-0.4, -0.2) is 43.8 Å². The normalized spacial score (nSPS) is 33.8. The van der Waals surface area contributed by atoms with Gasteiger partial charge in [-0.15, -0.1) is 5.48 Å². The van der Waals surface area contributed by atoms with Crippen LogP contribution < -0.4 is 16.5 Å². The van der Waals surface area contributed by atoms with Gasteiger partial charge in [-0.25, -0.2) is 0 Å². The van der Waals surface area contributed by atoms with E-state index in [1.54, 1.807) is 14.0 Å². The lowest BCUT2D eigenvalue weighted by Crippen LogP contribution is -2.35. The zero-order chi connectivity index (χ0) is 19.7. The van der Waals surface area contributed by atoms with Crippen LogP contribution in [0.25, 0.3) is 0 Å². The predicted octanol–water partition coefficient (Wildman–Crippen LogP) is 1.35. The molecule has 2 heterocycles. The lowest BCUT2D eigenvalue weighted by atomic mass is 9.76. The van der Waals surface area contributed by atoms with E-state index in [9.17, 15) is 4.79 Å². The van der Waals surface area contributed by atoms with Crippen LogP contribution in [0.3, 0.4) is 0 Å². The highest BCUT2D eigenvalue weighted by Gasteiger charge is 2.51. The Morgan fingerprint density at radius 3 is 2.70 bits per heavy atom. The number of ether oxygens (including phenoxy) is 2. The number of nitrogens with zero attached hydrogens (tertiary/aromatic N) is 1. The molecule has 1 fully saturated rings. The maximum atomic E-state index is 12.7. The second-order valence-corrected chi connectivity index (χ2v) is 7.36. The zero-order valence-electron chi connectivity index (χ0n) is 16.7. The Kier molecular flexibility index (Phi) is 5.76. The third-order valence-electron chi connectivity index (χ3n) is 5.56. The molecule has 150 valence electrons. The Bertz CT molecular complexity index is 696. The van der Waals surface area contributed by atoms with Gasteiger partial charge in [0, 0.05) is 18.0 Å². The van der Waals surface area contributed by atoms with Gasteiger partial charge < -0.3 is 20.0 Å². The molecular weight excluding hydrogens is 348 g/mol. The first-order valence-electron chi connectivity index (χ1n) is 9.49. The number of carbonyl (C=O) groups excluding carboxylic acids is 1. The number of rotatable bonds is 5. The van der Waals surface area contributed by atoms with Crippen LogP contribution >= 0.6 is 0 Å². The topological polar surface area (TPSA) is 107 Å². The molecule has 4 N–H and O–H groups in total. The highest BCUT2D eigenvalue weighted by molar-refractivity contribution is 5.79. The third-order valence-corrected chi connectivity index (χ3v) is 5.56. The van der Waals surface area contributed by atoms with Crippen molar-refractivity contribution in [2.24, 2.45) is 22.6 Å². The Labute approximate surface area is 160 Å². The monoisotopic (exact) mass is 378 g/mol. The van der Waals surface area contributed by atoms with Gasteiger partial charge in [0.05, 0.1) is 37.3 Å². The van der Waals surface area contributed by atoms with Gasteiger partial charge in [-0.05, 0) is 45.6 Å². The summed E-state index contributed by atoms with van der Waals surface area (Å²) in [5.41, 5.74) is 11.1. The molecule has 0 aromatic carbocycles. The minimum absolute atomic E-state index is 0.0438. The van der Waals surface area contributed by atoms with Crippen molar-refractivity contribution in [3.8, 4) is 0 Å². The summed E-state index contributed by atoms with van der Waals surface area (Å²) in [6, 6.07) is 0.179. The van der Waals surface area contributed by atoms with E-state index in [1.165, 1.54) is 0 Å². The summed E-state index contributed by atoms with van der Waals surface area (Å²) < 4.78 is 11.1. The molecule has 1 saturated heterocycles. The van der Waals surface area contributed by atoms with Gasteiger partial charge in [0.25, 0.3) is 0 Å². The van der Waals surface area contributed by atoms with Crippen molar-refractivity contribution in [3.05, 3.63) is 22.7 Å². The summed E-state index contributed by atoms with van der Waals surface area (Å²) in [5.74, 6) is 1.63. The highest BCUT2D eigenvalue weighted by atomic mass is 16.7. The van der Waals surface area contributed by atoms with Crippen LogP contribution in [0, 0.1) is 11.8 Å². The van der Waals surface area contributed by atoms with Gasteiger partial charge in [0.1, 0.15) is 11.9 Å². The summed E-state index contributed by atoms with van der Waals surface area (Å²) in [5, 5.41) is 3.50. The van der Waals surface area contributed by atoms with Crippen molar-refractivity contribution in [1.29, 1.82) is 0 Å². The Hall–Kier alpha value is -2.06. The smallest absolute Gasteiger partial charge is 0.312 e. The van der Waals surface area contributed by atoms with Crippen molar-refractivity contribution >= 4 is 11.8 Å². The second kappa shape index (κ2) is 7.90. The molecule has 8 heteroatoms. The standard InChI is InChI=1S/C19H30N4O4/c1-6-26-19(24)17-12-8-15(25-5)13(16-9(2)23-27-10(16)3)7-14(12)22-18(17)21-11(4)20/h9,12,14,17-18,22-23H,6-8H2,1-5H3,(H2,20,21)/t9-,12+,14-,17?,18?/m0/s1. The number of carbonyl (C=O) groups is 1. The first-order chi connectivity index (χ1) is 12.9. The van der Waals surface area contributed by atoms with E-state index in [-0.39, 0.29) is 36.1 Å². The number of aliphatic imine (C=N–C) groups is 1. The summed E-state index contributed by atoms with van der Waals surface area (Å²) in [7, 11) is 1.68. The van der Waals surface area contributed by atoms with Gasteiger partial charge in [-0.3, -0.25) is 15.1 Å². The third kappa shape index (κ3) is 3.68. The number of nitrogens with one attached hydrogen (secondary N) is 2. The minimum Gasteiger partial charge on any atom is -0.501 e. The van der Waals surface area contributed by atoms with Gasteiger partial charge in [0.15, 0.2) is 0 Å². The van der Waals surface area contributed by atoms with Crippen LogP contribution in [-0.2, 0) is 19.1 Å². The Morgan fingerprint density at radius 1 is 1.41 bits per heavy atom. The number of allylic oxidation sites excluding steroid dienone is 2. The van der Waals surface area contributed by atoms with Gasteiger partial charge in [-0.2, -0.15) is 0 Å². The fourth-order valence-electron chi connectivity index (χ4n) is 4.50. The summed E-state index contributed by atoms with van der Waals surface area (Å²) in [6.45, 7) is 7.90. The van der Waals surface area contributed by atoms with E-state index < -0.39 is 0 Å². The summed E-state index contributed by atoms with van der Waals surface area (Å²) in [6.07, 6.45) is 1.00. The number of hydrogen-bond donors (Lipinski definition) is 3. The summed E-state index contributed by atoms with van der Waals surface area (Å²) in [4.78, 5) is 22.6. The second-order valence-electron chi connectivity index (χ2n) is 7.36. The van der Waals surface area contributed by atoms with E-state index in [0.29, 0.717) is 18.9 Å². The minimum atomic E-state index is -0.384. The number of nitrogens with two attached hydrogens (primary N) is 1. The molecule has 3 rings (SSSR count). The Balaban J connectivity index is 1.94. The Morgan fingerprint density at radius 2 is 2.15 bits per heavy atom. The number of amidine groups is 1. The molecule has 27 heavy (non-hydrogen) atoms. The van der Waals surface area contributed by atoms with E-state index in [0.717, 1.165) is 29.1 Å². The summed E-state index contributed by atoms with van der Waals surface area (Å²) >= 11 is 0. The molecular formula is C19H30N4O4. The average Bonchev–Trinajstić information content (AvgIpc) is 3.12. The average molecular weight is 378 g/mol. The van der Waals surface area contributed by atoms with E-state index >= 15 is 0 Å². The molecule has 0 spiro atoms. The first kappa shape index (κ1) is 19.7. The van der Waals surface area contributed by atoms with Crippen molar-refractivity contribution < 1.29 is 19.1 Å². The largest absolute Gasteiger partial charge is 0.501 e. The van der Waals surface area contributed by atoms with E-state index in [2.05, 4.69) is 22.7 Å². The molecule has 1 aliphatic carbocycles. The van der Waals surface area contributed by atoms with Crippen LogP contribution in [0.1, 0.15) is 40.5 Å². The van der Waals surface area contributed by atoms with Crippen LogP contribution in [0.15, 0.2) is 27.7 Å². The quantitative estimate of drug-likeness (QED) is 0.376. The molecule has 0 aromatic heterocycles. The van der Waals surface area contributed by atoms with Gasteiger partial charge in [-0.1, -0.05) is 0 Å². The number of methoxy groups -OCH3 is 1. The van der Waals surface area contributed by atoms with Crippen LogP contribution in [0.5, 0.6) is 0 Å². The first-order valence-corrected chi connectivity index (χ1v) is 9.49. The molecule has 3 aliphatic rings. The highest BCUT2D eigenvalue weighted by Crippen LogP contribution is 2.44. The molecule has 0 bridgehead atoms. The lowest BCUT2D eigenvalue weighted by molar-refractivity contribution is -0.150. The SMILES string of the molecule is CCOC(=O)C1C(N=C(C)N)N[C@H]2CC(C3=C(C)ON[C@H]3C)=C(OC)C[C@@H]12. The molecule has 8 nitrogen and oxygen atoms in total. The molecule has 0 saturated carbocycles. The van der Waals surface area contributed by atoms with Crippen LogP contribution in [0.4, 0.5) is 0 Å². The van der Waals surface area contributed by atoms with Crippen molar-refractivity contribution in [2.75, 3.05) is 13.7 Å². The number of hydrogen-bond acceptors (Lipinski definition) is 7. The fraction of sp³-hybridized carbons (Fsp3) is 0.684. The van der Waals surface area contributed by atoms with Crippen molar-refractivity contribution in [3.63, 3.8) is 0 Å². The molecule has 5 atom stereocenters. The number of fused-ring (bicyclic) bond motifs is 1. The van der Waals surface area contributed by atoms with Gasteiger partial charge >= 0.3 is 5.97 Å². The number of hydroxylamine groups is 1. The van der Waals surface area contributed by atoms with Crippen molar-refractivity contribution in [1.82, 2.24) is 10.8 Å². The van der Waals surface area contributed by atoms with Gasteiger partial charge in [0.2, 0.25) is 0 Å². The molecule has 0 radical (unpaired) electrons. The molecule has 2 aliphatic heterocycles. The van der Waals surface area contributed by atoms with Crippen LogP contribution in [0.2, 0.25) is 0 Å². The molecule has 0 aromatic rings. The van der Waals surface area contributed by atoms with Crippen molar-refractivity contribution in [2.45, 2.75) is 58.8 Å². The maximum absolute atomic E-state index is 12.7. The fourth-order valence-corrected chi connectivity index (χ4v) is 4.50. The lowest BCUT2D eigenvalue weighted by Gasteiger charge is -2.31. The predicted molar refractivity (Wildman–Crippen MR) is 101 cm³/mol. The van der Waals surface area contributed by atoms with E-state index in [1.807, 2.05) is 13.8 Å². The molecule has 0 amide bonds. The maximum Gasteiger partial charge on any atom is 0.312 e. The zero-order valence-corrected chi connectivity index (χ0v) is 16.7. The number of esters is 1. The van der Waals surface area contributed by atoms with E-state index in [4.69, 9.17) is 20.0 Å².